The molecule has 0 atom stereocenters. The second kappa shape index (κ2) is 6.78. The lowest BCUT2D eigenvalue weighted by molar-refractivity contribution is -0.0327. The Labute approximate surface area is 109 Å². The molecular weight excluding hydrogens is 261 g/mol. The Kier molecular flexibility index (Phi) is 5.65. The van der Waals surface area contributed by atoms with Crippen LogP contribution in [-0.4, -0.2) is 24.4 Å². The molecule has 18 heavy (non-hydrogen) atoms. The van der Waals surface area contributed by atoms with Gasteiger partial charge in [0.25, 0.3) is 0 Å². The van der Waals surface area contributed by atoms with Gasteiger partial charge in [-0.25, -0.2) is 0 Å². The van der Waals surface area contributed by atoms with Gasteiger partial charge in [-0.05, 0) is 36.4 Å². The van der Waals surface area contributed by atoms with Crippen molar-refractivity contribution in [3.8, 4) is 0 Å². The number of nitrogens with two attached hydrogens (primary N) is 1. The number of halogens is 3. The van der Waals surface area contributed by atoms with Gasteiger partial charge >= 0.3 is 5.51 Å². The van der Waals surface area contributed by atoms with E-state index in [0.29, 0.717) is 12.2 Å². The van der Waals surface area contributed by atoms with Crippen molar-refractivity contribution in [2.75, 3.05) is 29.5 Å². The smallest absolute Gasteiger partial charge is 0.399 e. The van der Waals surface area contributed by atoms with E-state index in [1.54, 1.807) is 12.1 Å². The molecule has 0 fully saturated rings. The van der Waals surface area contributed by atoms with Gasteiger partial charge in [0, 0.05) is 30.2 Å². The highest BCUT2D eigenvalue weighted by atomic mass is 32.2. The van der Waals surface area contributed by atoms with Crippen LogP contribution in [0.25, 0.3) is 0 Å². The SMILES string of the molecule is CCCN(CCSC(F)(F)F)c1cccc(N)c1. The molecular formula is C12H17F3N2S. The average molecular weight is 278 g/mol. The van der Waals surface area contributed by atoms with Crippen molar-refractivity contribution < 1.29 is 13.2 Å². The summed E-state index contributed by atoms with van der Waals surface area (Å²) in [6.45, 7) is 3.08. The van der Waals surface area contributed by atoms with Gasteiger partial charge in [0.05, 0.1) is 0 Å². The van der Waals surface area contributed by atoms with Gasteiger partial charge < -0.3 is 10.6 Å². The largest absolute Gasteiger partial charge is 0.441 e. The van der Waals surface area contributed by atoms with Gasteiger partial charge in [-0.1, -0.05) is 13.0 Å². The molecule has 2 N–H and O–H groups in total. The van der Waals surface area contributed by atoms with E-state index in [-0.39, 0.29) is 17.5 Å². The predicted octanol–water partition coefficient (Wildman–Crippen LogP) is 3.74. The highest BCUT2D eigenvalue weighted by Crippen LogP contribution is 2.30. The molecule has 0 aliphatic carbocycles. The molecule has 0 amide bonds. The van der Waals surface area contributed by atoms with Crippen LogP contribution in [0.15, 0.2) is 24.3 Å². The van der Waals surface area contributed by atoms with Crippen molar-refractivity contribution in [1.29, 1.82) is 0 Å². The van der Waals surface area contributed by atoms with Crippen LogP contribution in [0.5, 0.6) is 0 Å². The van der Waals surface area contributed by atoms with E-state index >= 15 is 0 Å². The molecule has 102 valence electrons. The zero-order chi connectivity index (χ0) is 13.6. The summed E-state index contributed by atoms with van der Waals surface area (Å²) in [5.74, 6) is 0.0261. The first-order valence-corrected chi connectivity index (χ1v) is 6.72. The van der Waals surface area contributed by atoms with E-state index in [1.807, 2.05) is 24.0 Å². The summed E-state index contributed by atoms with van der Waals surface area (Å²) in [6.07, 6.45) is 0.880. The van der Waals surface area contributed by atoms with Crippen molar-refractivity contribution >= 4 is 23.1 Å². The molecule has 0 radical (unpaired) electrons. The number of anilines is 2. The number of alkyl halides is 3. The minimum Gasteiger partial charge on any atom is -0.399 e. The van der Waals surface area contributed by atoms with Crippen LogP contribution >= 0.6 is 11.8 Å². The zero-order valence-electron chi connectivity index (χ0n) is 10.2. The second-order valence-corrected chi connectivity index (χ2v) is 5.04. The van der Waals surface area contributed by atoms with Crippen LogP contribution in [-0.2, 0) is 0 Å². The molecule has 2 nitrogen and oxygen atoms in total. The molecule has 0 bridgehead atoms. The molecule has 0 aliphatic rings. The van der Waals surface area contributed by atoms with Gasteiger partial charge in [0.1, 0.15) is 0 Å². The lowest BCUT2D eigenvalue weighted by Crippen LogP contribution is -2.27. The summed E-state index contributed by atoms with van der Waals surface area (Å²) < 4.78 is 36.2. The lowest BCUT2D eigenvalue weighted by Gasteiger charge is -2.24. The fourth-order valence-corrected chi connectivity index (χ4v) is 2.18. The van der Waals surface area contributed by atoms with Crippen LogP contribution in [0.1, 0.15) is 13.3 Å². The normalized spacial score (nSPS) is 11.6. The third kappa shape index (κ3) is 5.53. The number of nitrogens with zero attached hydrogens (tertiary/aromatic N) is 1. The summed E-state index contributed by atoms with van der Waals surface area (Å²) in [5, 5.41) is 0. The van der Waals surface area contributed by atoms with Crippen molar-refractivity contribution in [3.05, 3.63) is 24.3 Å². The minimum absolute atomic E-state index is 0.0137. The quantitative estimate of drug-likeness (QED) is 0.804. The Bertz CT molecular complexity index is 369. The predicted molar refractivity (Wildman–Crippen MR) is 71.9 cm³/mol. The fraction of sp³-hybridized carbons (Fsp3) is 0.500. The van der Waals surface area contributed by atoms with Crippen LogP contribution in [0.2, 0.25) is 0 Å². The minimum atomic E-state index is -4.16. The molecule has 0 saturated carbocycles. The average Bonchev–Trinajstić information content (AvgIpc) is 2.26. The number of rotatable bonds is 6. The molecule has 0 unspecified atom stereocenters. The van der Waals surface area contributed by atoms with Gasteiger partial charge in [-0.2, -0.15) is 13.2 Å². The molecule has 0 saturated heterocycles. The van der Waals surface area contributed by atoms with E-state index in [0.717, 1.165) is 18.7 Å². The molecule has 6 heteroatoms. The summed E-state index contributed by atoms with van der Waals surface area (Å²) in [5.41, 5.74) is 3.02. The van der Waals surface area contributed by atoms with Gasteiger partial charge in [0.2, 0.25) is 0 Å². The van der Waals surface area contributed by atoms with Crippen molar-refractivity contribution in [1.82, 2.24) is 0 Å². The Balaban J connectivity index is 2.60. The van der Waals surface area contributed by atoms with Crippen molar-refractivity contribution in [2.24, 2.45) is 0 Å². The third-order valence-corrected chi connectivity index (χ3v) is 3.07. The summed E-state index contributed by atoms with van der Waals surface area (Å²) in [6, 6.07) is 7.22. The fourth-order valence-electron chi connectivity index (χ4n) is 1.63. The summed E-state index contributed by atoms with van der Waals surface area (Å²) in [4.78, 5) is 1.93. The monoisotopic (exact) mass is 278 g/mol. The topological polar surface area (TPSA) is 29.3 Å². The molecule has 1 rings (SSSR count). The Morgan fingerprint density at radius 2 is 2.00 bits per heavy atom. The zero-order valence-corrected chi connectivity index (χ0v) is 11.0. The van der Waals surface area contributed by atoms with Crippen LogP contribution in [0.4, 0.5) is 24.5 Å². The molecule has 0 aromatic heterocycles. The molecule has 0 aliphatic heterocycles. The lowest BCUT2D eigenvalue weighted by atomic mass is 10.2. The summed E-state index contributed by atoms with van der Waals surface area (Å²) >= 11 is 0.0137. The second-order valence-electron chi connectivity index (χ2n) is 3.88. The first-order chi connectivity index (χ1) is 8.42. The number of benzene rings is 1. The highest BCUT2D eigenvalue weighted by molar-refractivity contribution is 8.00. The van der Waals surface area contributed by atoms with E-state index in [9.17, 15) is 13.2 Å². The maximum atomic E-state index is 12.1. The van der Waals surface area contributed by atoms with Crippen LogP contribution < -0.4 is 10.6 Å². The van der Waals surface area contributed by atoms with Gasteiger partial charge in [-0.3, -0.25) is 0 Å². The number of hydrogen-bond acceptors (Lipinski definition) is 3. The number of hydrogen-bond donors (Lipinski definition) is 1. The number of nitrogen functional groups attached to an aromatic ring is 1. The highest BCUT2D eigenvalue weighted by Gasteiger charge is 2.27. The molecule has 1 aromatic carbocycles. The molecule has 0 spiro atoms. The Morgan fingerprint density at radius 1 is 1.28 bits per heavy atom. The molecule has 1 aromatic rings. The van der Waals surface area contributed by atoms with E-state index in [2.05, 4.69) is 0 Å². The maximum Gasteiger partial charge on any atom is 0.441 e. The van der Waals surface area contributed by atoms with Crippen LogP contribution in [0.3, 0.4) is 0 Å². The van der Waals surface area contributed by atoms with Crippen molar-refractivity contribution in [2.45, 2.75) is 18.9 Å². The van der Waals surface area contributed by atoms with E-state index in [1.165, 1.54) is 0 Å². The Morgan fingerprint density at radius 3 is 2.56 bits per heavy atom. The van der Waals surface area contributed by atoms with Crippen molar-refractivity contribution in [3.63, 3.8) is 0 Å². The first kappa shape index (κ1) is 15.0. The van der Waals surface area contributed by atoms with E-state index < -0.39 is 5.51 Å². The first-order valence-electron chi connectivity index (χ1n) is 5.73. The number of thioether (sulfide) groups is 1. The maximum absolute atomic E-state index is 12.1. The third-order valence-electron chi connectivity index (χ3n) is 2.36. The van der Waals surface area contributed by atoms with Crippen LogP contribution in [0, 0.1) is 0 Å². The van der Waals surface area contributed by atoms with Gasteiger partial charge in [-0.15, -0.1) is 0 Å². The standard InChI is InChI=1S/C12H17F3N2S/c1-2-6-17(7-8-18-12(13,14)15)11-5-3-4-10(16)9-11/h3-5,9H,2,6-8,16H2,1H3. The van der Waals surface area contributed by atoms with E-state index in [4.69, 9.17) is 5.73 Å². The molecule has 0 heterocycles. The summed E-state index contributed by atoms with van der Waals surface area (Å²) in [7, 11) is 0. The van der Waals surface area contributed by atoms with Gasteiger partial charge in [0.15, 0.2) is 0 Å². The Hall–Kier alpha value is -1.04.